The zero-order chi connectivity index (χ0) is 12.5. The summed E-state index contributed by atoms with van der Waals surface area (Å²) in [5.74, 6) is -1.76. The van der Waals surface area contributed by atoms with Crippen LogP contribution in [0, 0.1) is 10.8 Å². The molecule has 0 saturated heterocycles. The van der Waals surface area contributed by atoms with Gasteiger partial charge in [-0.05, 0) is 11.5 Å². The first-order chi connectivity index (χ1) is 7.23. The van der Waals surface area contributed by atoms with E-state index < -0.39 is 24.6 Å². The van der Waals surface area contributed by atoms with Crippen LogP contribution in [-0.4, -0.2) is 33.7 Å². The van der Waals surface area contributed by atoms with Crippen molar-refractivity contribution in [2.75, 3.05) is 0 Å². The molecule has 1 heterocycles. The minimum atomic E-state index is -4.90. The van der Waals surface area contributed by atoms with Crippen LogP contribution in [0.3, 0.4) is 0 Å². The third-order valence-corrected chi connectivity index (χ3v) is 1.78. The molecule has 86 valence electrons. The number of aromatic nitrogens is 1. The van der Waals surface area contributed by atoms with Gasteiger partial charge in [-0.25, -0.2) is 0 Å². The van der Waals surface area contributed by atoms with E-state index in [-0.39, 0.29) is 10.0 Å². The highest BCUT2D eigenvalue weighted by atomic mass is 19.4. The lowest BCUT2D eigenvalue weighted by atomic mass is 9.82. The highest BCUT2D eigenvalue weighted by Gasteiger charge is 2.36. The van der Waals surface area contributed by atoms with Crippen molar-refractivity contribution < 1.29 is 23.2 Å². The van der Waals surface area contributed by atoms with Crippen LogP contribution < -0.4 is 11.0 Å². The zero-order valence-electron chi connectivity index (χ0n) is 7.78. The van der Waals surface area contributed by atoms with E-state index in [1.807, 2.05) is 0 Å². The summed E-state index contributed by atoms with van der Waals surface area (Å²) in [6.45, 7) is 0. The van der Waals surface area contributed by atoms with Crippen molar-refractivity contribution in [2.24, 2.45) is 0 Å². The van der Waals surface area contributed by atoms with Crippen LogP contribution in [0.15, 0.2) is 18.3 Å². The molecule has 0 aliphatic heterocycles. The second kappa shape index (κ2) is 4.10. The van der Waals surface area contributed by atoms with Crippen molar-refractivity contribution in [2.45, 2.75) is 6.18 Å². The Balaban J connectivity index is 3.28. The summed E-state index contributed by atoms with van der Waals surface area (Å²) < 4.78 is 36.8. The van der Waals surface area contributed by atoms with Crippen LogP contribution in [-0.2, 0) is 0 Å². The summed E-state index contributed by atoms with van der Waals surface area (Å²) in [7, 11) is -1.95. The van der Waals surface area contributed by atoms with E-state index >= 15 is 0 Å². The first-order valence-electron chi connectivity index (χ1n) is 4.03. The number of hydrogen-bond acceptors (Lipinski definition) is 4. The van der Waals surface area contributed by atoms with Crippen LogP contribution in [0.5, 0.6) is 0 Å². The van der Waals surface area contributed by atoms with Gasteiger partial charge in [-0.15, -0.1) is 0 Å². The summed E-state index contributed by atoms with van der Waals surface area (Å²) in [5, 5.41) is 31.5. The van der Waals surface area contributed by atoms with Crippen molar-refractivity contribution in [1.29, 1.82) is 10.8 Å². The molecule has 0 spiro atoms. The zero-order valence-corrected chi connectivity index (χ0v) is 7.78. The SMILES string of the molecule is N=C(n1cc(B(O)O)ccc1=N)C(F)(F)F. The Morgan fingerprint density at radius 2 is 1.88 bits per heavy atom. The molecule has 1 rings (SSSR count). The molecule has 5 nitrogen and oxygen atoms in total. The van der Waals surface area contributed by atoms with E-state index in [0.29, 0.717) is 6.20 Å². The molecule has 0 amide bonds. The Morgan fingerprint density at radius 3 is 2.31 bits per heavy atom. The number of alkyl halides is 3. The lowest BCUT2D eigenvalue weighted by Gasteiger charge is -2.12. The summed E-state index contributed by atoms with van der Waals surface area (Å²) in [6, 6.07) is 2.03. The van der Waals surface area contributed by atoms with Gasteiger partial charge >= 0.3 is 13.3 Å². The molecule has 0 saturated carbocycles. The summed E-state index contributed by atoms with van der Waals surface area (Å²) in [6.07, 6.45) is -4.22. The normalized spacial score (nSPS) is 11.3. The third kappa shape index (κ3) is 2.50. The fraction of sp³-hybridized carbons (Fsp3) is 0.143. The first-order valence-corrected chi connectivity index (χ1v) is 4.03. The Bertz CT molecular complexity index is 469. The van der Waals surface area contributed by atoms with Gasteiger partial charge in [0, 0.05) is 6.20 Å². The lowest BCUT2D eigenvalue weighted by Crippen LogP contribution is -2.41. The van der Waals surface area contributed by atoms with Crippen molar-refractivity contribution in [1.82, 2.24) is 4.57 Å². The predicted octanol–water partition coefficient (Wildman–Crippen LogP) is -0.965. The number of pyridine rings is 1. The topological polar surface area (TPSA) is 93.1 Å². The third-order valence-electron chi connectivity index (χ3n) is 1.78. The summed E-state index contributed by atoms with van der Waals surface area (Å²) >= 11 is 0. The minimum Gasteiger partial charge on any atom is -0.423 e. The van der Waals surface area contributed by atoms with Gasteiger partial charge in [0.25, 0.3) is 0 Å². The number of halogens is 3. The second-order valence-corrected chi connectivity index (χ2v) is 2.94. The Hall–Kier alpha value is -1.61. The molecular weight excluding hydrogens is 226 g/mol. The molecular formula is C7H7BF3N3O2. The average Bonchev–Trinajstić information content (AvgIpc) is 2.15. The highest BCUT2D eigenvalue weighted by molar-refractivity contribution is 6.58. The van der Waals surface area contributed by atoms with Gasteiger partial charge < -0.3 is 10.0 Å². The minimum absolute atomic E-state index is 0.217. The molecule has 0 atom stereocenters. The van der Waals surface area contributed by atoms with E-state index in [0.717, 1.165) is 12.1 Å². The Kier molecular flexibility index (Phi) is 3.20. The van der Waals surface area contributed by atoms with Crippen LogP contribution >= 0.6 is 0 Å². The second-order valence-electron chi connectivity index (χ2n) is 2.94. The van der Waals surface area contributed by atoms with Gasteiger partial charge in [0.1, 0.15) is 5.49 Å². The van der Waals surface area contributed by atoms with Crippen LogP contribution in [0.25, 0.3) is 0 Å². The van der Waals surface area contributed by atoms with E-state index in [1.54, 1.807) is 0 Å². The summed E-state index contributed by atoms with van der Waals surface area (Å²) in [4.78, 5) is 0. The number of nitrogens with zero attached hydrogens (tertiary/aromatic N) is 1. The van der Waals surface area contributed by atoms with Gasteiger partial charge in [-0.1, -0.05) is 6.07 Å². The molecule has 9 heteroatoms. The van der Waals surface area contributed by atoms with Gasteiger partial charge in [0.15, 0.2) is 0 Å². The number of nitrogens with one attached hydrogen (secondary N) is 2. The molecule has 1 aromatic heterocycles. The first kappa shape index (κ1) is 12.5. The fourth-order valence-corrected chi connectivity index (χ4v) is 0.991. The van der Waals surface area contributed by atoms with Gasteiger partial charge in [0.05, 0.1) is 0 Å². The molecule has 0 fully saturated rings. The van der Waals surface area contributed by atoms with Crippen LogP contribution in [0.1, 0.15) is 0 Å². The van der Waals surface area contributed by atoms with Crippen molar-refractivity contribution >= 4 is 18.4 Å². The van der Waals surface area contributed by atoms with Crippen molar-refractivity contribution in [3.05, 3.63) is 23.8 Å². The average molecular weight is 233 g/mol. The molecule has 0 aliphatic rings. The maximum atomic E-state index is 12.2. The number of rotatable bonds is 1. The summed E-state index contributed by atoms with van der Waals surface area (Å²) in [5.41, 5.74) is -0.809. The van der Waals surface area contributed by atoms with E-state index in [1.165, 1.54) is 0 Å². The van der Waals surface area contributed by atoms with E-state index in [4.69, 9.17) is 20.9 Å². The molecule has 0 radical (unpaired) electrons. The van der Waals surface area contributed by atoms with E-state index in [9.17, 15) is 13.2 Å². The molecule has 0 aromatic carbocycles. The molecule has 0 unspecified atom stereocenters. The Labute approximate surface area is 87.9 Å². The number of hydrogen-bond donors (Lipinski definition) is 4. The van der Waals surface area contributed by atoms with E-state index in [2.05, 4.69) is 0 Å². The monoisotopic (exact) mass is 233 g/mol. The van der Waals surface area contributed by atoms with Crippen LogP contribution in [0.2, 0.25) is 0 Å². The smallest absolute Gasteiger partial charge is 0.423 e. The van der Waals surface area contributed by atoms with Gasteiger partial charge in [-0.2, -0.15) is 13.2 Å². The molecule has 16 heavy (non-hydrogen) atoms. The lowest BCUT2D eigenvalue weighted by molar-refractivity contribution is -0.0626. The van der Waals surface area contributed by atoms with Gasteiger partial charge in [-0.3, -0.25) is 15.4 Å². The van der Waals surface area contributed by atoms with Crippen LogP contribution in [0.4, 0.5) is 13.2 Å². The Morgan fingerprint density at radius 1 is 1.31 bits per heavy atom. The maximum absolute atomic E-state index is 12.2. The standard InChI is InChI=1S/C7H7BF3N3O2/c9-7(10,11)6(13)14-3-4(8(15)16)1-2-5(14)12/h1-3,12-13,15-16H. The van der Waals surface area contributed by atoms with Crippen molar-refractivity contribution in [3.8, 4) is 0 Å². The quantitative estimate of drug-likeness (QED) is 0.285. The van der Waals surface area contributed by atoms with Crippen molar-refractivity contribution in [3.63, 3.8) is 0 Å². The van der Waals surface area contributed by atoms with Gasteiger partial charge in [0.2, 0.25) is 5.84 Å². The predicted molar refractivity (Wildman–Crippen MR) is 49.3 cm³/mol. The molecule has 1 aromatic rings. The largest absolute Gasteiger partial charge is 0.489 e. The highest BCUT2D eigenvalue weighted by Crippen LogP contribution is 2.16. The molecule has 0 aliphatic carbocycles. The maximum Gasteiger partial charge on any atom is 0.489 e. The molecule has 4 N–H and O–H groups in total. The fourth-order valence-electron chi connectivity index (χ4n) is 0.991. The molecule has 0 bridgehead atoms.